The molecule has 164 valence electrons. The summed E-state index contributed by atoms with van der Waals surface area (Å²) in [6.07, 6.45) is 1.06. The van der Waals surface area contributed by atoms with Crippen LogP contribution in [0.25, 0.3) is 0 Å². The van der Waals surface area contributed by atoms with Crippen LogP contribution >= 0.6 is 0 Å². The lowest BCUT2D eigenvalue weighted by molar-refractivity contribution is -0.122. The molecule has 2 aromatic rings. The van der Waals surface area contributed by atoms with E-state index in [9.17, 15) is 13.2 Å². The molecule has 0 aliphatic rings. The highest BCUT2D eigenvalue weighted by molar-refractivity contribution is 7.92. The molecular formula is C21H28N2O6S. The third-order valence-electron chi connectivity index (χ3n) is 4.34. The number of benzene rings is 2. The molecule has 0 heterocycles. The number of anilines is 1. The van der Waals surface area contributed by atoms with Crippen LogP contribution in [0.4, 0.5) is 5.69 Å². The summed E-state index contributed by atoms with van der Waals surface area (Å²) in [5.41, 5.74) is 0.349. The molecule has 2 rings (SSSR count). The van der Waals surface area contributed by atoms with E-state index in [-0.39, 0.29) is 12.6 Å². The Labute approximate surface area is 177 Å². The minimum atomic E-state index is -3.71. The van der Waals surface area contributed by atoms with Crippen LogP contribution in [-0.4, -0.2) is 53.5 Å². The molecule has 0 fully saturated rings. The smallest absolute Gasteiger partial charge is 0.243 e. The number of methoxy groups -OCH3 is 2. The fraction of sp³-hybridized carbons (Fsp3) is 0.381. The Balaban J connectivity index is 2.05. The molecule has 0 saturated heterocycles. The van der Waals surface area contributed by atoms with Crippen molar-refractivity contribution in [1.82, 2.24) is 5.32 Å². The largest absolute Gasteiger partial charge is 0.497 e. The van der Waals surface area contributed by atoms with E-state index in [4.69, 9.17) is 14.2 Å². The van der Waals surface area contributed by atoms with Crippen LogP contribution < -0.4 is 23.8 Å². The van der Waals surface area contributed by atoms with Crippen molar-refractivity contribution in [2.24, 2.45) is 0 Å². The first-order valence-corrected chi connectivity index (χ1v) is 11.2. The molecule has 2 atom stereocenters. The normalized spacial score (nSPS) is 13.1. The highest BCUT2D eigenvalue weighted by Gasteiger charge is 2.30. The molecule has 0 spiro atoms. The van der Waals surface area contributed by atoms with Crippen molar-refractivity contribution < 1.29 is 27.4 Å². The highest BCUT2D eigenvalue weighted by Crippen LogP contribution is 2.25. The summed E-state index contributed by atoms with van der Waals surface area (Å²) in [7, 11) is -0.637. The van der Waals surface area contributed by atoms with Crippen molar-refractivity contribution in [2.75, 3.05) is 31.4 Å². The number of nitrogens with zero attached hydrogens (tertiary/aromatic N) is 1. The average molecular weight is 437 g/mol. The van der Waals surface area contributed by atoms with Crippen LogP contribution in [0, 0.1) is 0 Å². The molecule has 0 saturated carbocycles. The topological polar surface area (TPSA) is 94.2 Å². The van der Waals surface area contributed by atoms with Crippen LogP contribution in [0.2, 0.25) is 0 Å². The maximum Gasteiger partial charge on any atom is 0.243 e. The SMILES string of the molecule is COc1ccc(OCC(C)NC(=O)C(C)N(c2cccc(OC)c2)S(C)(=O)=O)cc1. The Kier molecular flexibility index (Phi) is 7.93. The fourth-order valence-electron chi connectivity index (χ4n) is 2.85. The lowest BCUT2D eigenvalue weighted by Crippen LogP contribution is -2.50. The summed E-state index contributed by atoms with van der Waals surface area (Å²) < 4.78 is 41.8. The molecule has 30 heavy (non-hydrogen) atoms. The van der Waals surface area contributed by atoms with Gasteiger partial charge in [0.05, 0.1) is 32.2 Å². The lowest BCUT2D eigenvalue weighted by atomic mass is 10.2. The second kappa shape index (κ2) is 10.2. The van der Waals surface area contributed by atoms with Crippen molar-refractivity contribution in [1.29, 1.82) is 0 Å². The van der Waals surface area contributed by atoms with Crippen molar-refractivity contribution in [3.8, 4) is 17.2 Å². The summed E-state index contributed by atoms with van der Waals surface area (Å²) in [5.74, 6) is 1.42. The Bertz CT molecular complexity index is 946. The maximum atomic E-state index is 12.7. The number of hydrogen-bond donors (Lipinski definition) is 1. The van der Waals surface area contributed by atoms with Gasteiger partial charge in [0, 0.05) is 6.07 Å². The van der Waals surface area contributed by atoms with Gasteiger partial charge in [-0.05, 0) is 50.2 Å². The Morgan fingerprint density at radius 3 is 2.17 bits per heavy atom. The number of rotatable bonds is 10. The van der Waals surface area contributed by atoms with E-state index in [0.29, 0.717) is 17.2 Å². The number of amides is 1. The van der Waals surface area contributed by atoms with Gasteiger partial charge >= 0.3 is 0 Å². The molecule has 1 amide bonds. The number of carbonyl (C=O) groups is 1. The zero-order valence-electron chi connectivity index (χ0n) is 17.8. The van der Waals surface area contributed by atoms with E-state index in [1.54, 1.807) is 62.6 Å². The van der Waals surface area contributed by atoms with E-state index in [2.05, 4.69) is 5.32 Å². The van der Waals surface area contributed by atoms with Gasteiger partial charge in [-0.2, -0.15) is 0 Å². The van der Waals surface area contributed by atoms with Crippen LogP contribution in [0.1, 0.15) is 13.8 Å². The number of sulfonamides is 1. The number of carbonyl (C=O) groups excluding carboxylic acids is 1. The highest BCUT2D eigenvalue weighted by atomic mass is 32.2. The lowest BCUT2D eigenvalue weighted by Gasteiger charge is -2.29. The van der Waals surface area contributed by atoms with Gasteiger partial charge in [0.25, 0.3) is 0 Å². The summed E-state index contributed by atoms with van der Waals surface area (Å²) in [6.45, 7) is 3.54. The van der Waals surface area contributed by atoms with E-state index in [1.807, 2.05) is 0 Å². The zero-order valence-corrected chi connectivity index (χ0v) is 18.6. The monoisotopic (exact) mass is 436 g/mol. The molecular weight excluding hydrogens is 408 g/mol. The molecule has 9 heteroatoms. The third-order valence-corrected chi connectivity index (χ3v) is 5.59. The predicted octanol–water partition coefficient (Wildman–Crippen LogP) is 2.44. The predicted molar refractivity (Wildman–Crippen MR) is 116 cm³/mol. The Hall–Kier alpha value is -2.94. The first kappa shape index (κ1) is 23.3. The van der Waals surface area contributed by atoms with Crippen molar-refractivity contribution in [3.63, 3.8) is 0 Å². The summed E-state index contributed by atoms with van der Waals surface area (Å²) >= 11 is 0. The van der Waals surface area contributed by atoms with Gasteiger partial charge in [-0.3, -0.25) is 9.10 Å². The van der Waals surface area contributed by atoms with Gasteiger partial charge in [0.2, 0.25) is 15.9 Å². The molecule has 0 aliphatic heterocycles. The fourth-order valence-corrected chi connectivity index (χ4v) is 4.02. The Morgan fingerprint density at radius 1 is 1.00 bits per heavy atom. The van der Waals surface area contributed by atoms with Crippen molar-refractivity contribution in [3.05, 3.63) is 48.5 Å². The molecule has 8 nitrogen and oxygen atoms in total. The van der Waals surface area contributed by atoms with Gasteiger partial charge in [0.15, 0.2) is 0 Å². The van der Waals surface area contributed by atoms with Crippen LogP contribution in [0.5, 0.6) is 17.2 Å². The van der Waals surface area contributed by atoms with E-state index in [1.165, 1.54) is 14.0 Å². The van der Waals surface area contributed by atoms with Crippen LogP contribution in [0.3, 0.4) is 0 Å². The molecule has 0 aromatic heterocycles. The second-order valence-corrected chi connectivity index (χ2v) is 8.69. The molecule has 2 unspecified atom stereocenters. The minimum Gasteiger partial charge on any atom is -0.497 e. The second-order valence-electron chi connectivity index (χ2n) is 6.83. The van der Waals surface area contributed by atoms with Crippen LogP contribution in [-0.2, 0) is 14.8 Å². The third kappa shape index (κ3) is 6.28. The average Bonchev–Trinajstić information content (AvgIpc) is 2.71. The van der Waals surface area contributed by atoms with Gasteiger partial charge in [0.1, 0.15) is 29.9 Å². The van der Waals surface area contributed by atoms with Crippen molar-refractivity contribution in [2.45, 2.75) is 25.9 Å². The van der Waals surface area contributed by atoms with E-state index in [0.717, 1.165) is 16.3 Å². The first-order chi connectivity index (χ1) is 14.2. The van der Waals surface area contributed by atoms with Gasteiger partial charge in [-0.15, -0.1) is 0 Å². The summed E-state index contributed by atoms with van der Waals surface area (Å²) in [5, 5.41) is 2.80. The molecule has 0 aliphatic carbocycles. The maximum absolute atomic E-state index is 12.7. The van der Waals surface area contributed by atoms with Gasteiger partial charge in [-0.1, -0.05) is 6.07 Å². The quantitative estimate of drug-likeness (QED) is 0.615. The number of ether oxygens (including phenoxy) is 3. The summed E-state index contributed by atoms with van der Waals surface area (Å²) in [4.78, 5) is 12.7. The number of hydrogen-bond acceptors (Lipinski definition) is 6. The standard InChI is InChI=1S/C21H28N2O6S/c1-15(14-29-19-11-9-18(27-3)10-12-19)22-21(24)16(2)23(30(5,25)26)17-7-6-8-20(13-17)28-4/h6-13,15-16H,14H2,1-5H3,(H,22,24). The zero-order chi connectivity index (χ0) is 22.3. The minimum absolute atomic E-state index is 0.225. The Morgan fingerprint density at radius 2 is 1.60 bits per heavy atom. The van der Waals surface area contributed by atoms with Crippen LogP contribution in [0.15, 0.2) is 48.5 Å². The van der Waals surface area contributed by atoms with E-state index >= 15 is 0 Å². The number of nitrogens with one attached hydrogen (secondary N) is 1. The van der Waals surface area contributed by atoms with Gasteiger partial charge in [-0.25, -0.2) is 8.42 Å². The molecule has 2 aromatic carbocycles. The molecule has 0 bridgehead atoms. The molecule has 0 radical (unpaired) electrons. The first-order valence-electron chi connectivity index (χ1n) is 9.36. The van der Waals surface area contributed by atoms with Crippen molar-refractivity contribution >= 4 is 21.6 Å². The van der Waals surface area contributed by atoms with E-state index < -0.39 is 22.0 Å². The summed E-state index contributed by atoms with van der Waals surface area (Å²) in [6, 6.07) is 12.3. The van der Waals surface area contributed by atoms with Gasteiger partial charge < -0.3 is 19.5 Å². The molecule has 1 N–H and O–H groups in total.